The van der Waals surface area contributed by atoms with Crippen LogP contribution < -0.4 is 10.6 Å². The van der Waals surface area contributed by atoms with Crippen LogP contribution in [0.15, 0.2) is 22.8 Å². The minimum atomic E-state index is -0.459. The van der Waals surface area contributed by atoms with Crippen molar-refractivity contribution in [3.05, 3.63) is 24.2 Å². The van der Waals surface area contributed by atoms with Crippen molar-refractivity contribution >= 4 is 17.7 Å². The summed E-state index contributed by atoms with van der Waals surface area (Å²) in [5.74, 6) is 0.0591. The number of fused-ring (bicyclic) bond motifs is 1. The summed E-state index contributed by atoms with van der Waals surface area (Å²) in [6, 6.07) is 3.35. The summed E-state index contributed by atoms with van der Waals surface area (Å²) in [6.07, 6.45) is 6.01. The summed E-state index contributed by atoms with van der Waals surface area (Å²) in [6.45, 7) is 1.90. The lowest BCUT2D eigenvalue weighted by Gasteiger charge is -2.41. The molecule has 3 heterocycles. The van der Waals surface area contributed by atoms with E-state index < -0.39 is 6.04 Å². The van der Waals surface area contributed by atoms with Crippen molar-refractivity contribution in [1.29, 1.82) is 0 Å². The van der Waals surface area contributed by atoms with Gasteiger partial charge in [0.15, 0.2) is 5.76 Å². The van der Waals surface area contributed by atoms with E-state index in [2.05, 4.69) is 10.6 Å². The topological polar surface area (TPSA) is 94.9 Å². The molecule has 3 fully saturated rings. The molecule has 1 aromatic rings. The van der Waals surface area contributed by atoms with Crippen molar-refractivity contribution in [1.82, 2.24) is 20.4 Å². The maximum atomic E-state index is 12.7. The van der Waals surface area contributed by atoms with Gasteiger partial charge in [-0.05, 0) is 25.0 Å². The molecule has 3 amide bonds. The van der Waals surface area contributed by atoms with E-state index in [4.69, 9.17) is 4.42 Å². The van der Waals surface area contributed by atoms with E-state index in [1.807, 2.05) is 0 Å². The van der Waals surface area contributed by atoms with Crippen molar-refractivity contribution in [2.45, 2.75) is 50.2 Å². The van der Waals surface area contributed by atoms with Gasteiger partial charge in [0.2, 0.25) is 11.8 Å². The largest absolute Gasteiger partial charge is 0.459 e. The molecule has 0 aromatic carbocycles. The normalized spacial score (nSPS) is 28.4. The van der Waals surface area contributed by atoms with Gasteiger partial charge < -0.3 is 24.9 Å². The minimum absolute atomic E-state index is 0.0398. The van der Waals surface area contributed by atoms with Crippen LogP contribution in [0.25, 0.3) is 0 Å². The summed E-state index contributed by atoms with van der Waals surface area (Å²) >= 11 is 0. The van der Waals surface area contributed by atoms with Gasteiger partial charge in [-0.15, -0.1) is 0 Å². The predicted molar refractivity (Wildman–Crippen MR) is 96.9 cm³/mol. The second-order valence-corrected chi connectivity index (χ2v) is 7.58. The Morgan fingerprint density at radius 1 is 1.07 bits per heavy atom. The molecule has 2 N–H and O–H groups in total. The number of nitrogens with one attached hydrogen (secondary N) is 2. The Morgan fingerprint density at radius 2 is 1.78 bits per heavy atom. The van der Waals surface area contributed by atoms with Crippen molar-refractivity contribution in [2.24, 2.45) is 0 Å². The number of carbonyl (C=O) groups is 3. The molecule has 146 valence electrons. The molecule has 3 atom stereocenters. The Bertz CT molecular complexity index is 697. The van der Waals surface area contributed by atoms with Gasteiger partial charge in [-0.25, -0.2) is 0 Å². The highest BCUT2D eigenvalue weighted by atomic mass is 16.3. The van der Waals surface area contributed by atoms with Gasteiger partial charge in [0.25, 0.3) is 5.91 Å². The molecule has 0 unspecified atom stereocenters. The first-order valence-electron chi connectivity index (χ1n) is 9.79. The lowest BCUT2D eigenvalue weighted by molar-refractivity contribution is -0.137. The number of piperazine rings is 2. The molecular weight excluding hydrogens is 348 g/mol. The summed E-state index contributed by atoms with van der Waals surface area (Å²) in [7, 11) is 0. The Balaban J connectivity index is 1.28. The van der Waals surface area contributed by atoms with E-state index in [9.17, 15) is 14.4 Å². The standard InChI is InChI=1S/C19H26N4O4/c24-17(12-15-18(25)21-14-5-2-1-4-13(14)20-15)22-7-9-23(10-8-22)19(26)16-6-3-11-27-16/h3,6,11,13-15,20H,1-2,4-5,7-10,12H2,(H,21,25)/t13-,14+,15-/m1/s1. The Labute approximate surface area is 158 Å². The molecule has 2 aliphatic heterocycles. The first kappa shape index (κ1) is 18.0. The highest BCUT2D eigenvalue weighted by Crippen LogP contribution is 2.22. The smallest absolute Gasteiger partial charge is 0.289 e. The summed E-state index contributed by atoms with van der Waals surface area (Å²) in [5.41, 5.74) is 0. The van der Waals surface area contributed by atoms with Crippen LogP contribution in [0, 0.1) is 0 Å². The molecule has 1 saturated carbocycles. The quantitative estimate of drug-likeness (QED) is 0.796. The second kappa shape index (κ2) is 7.72. The van der Waals surface area contributed by atoms with Crippen molar-refractivity contribution in [3.8, 4) is 0 Å². The van der Waals surface area contributed by atoms with Crippen molar-refractivity contribution < 1.29 is 18.8 Å². The highest BCUT2D eigenvalue weighted by Gasteiger charge is 2.38. The molecule has 27 heavy (non-hydrogen) atoms. The molecule has 0 radical (unpaired) electrons. The monoisotopic (exact) mass is 374 g/mol. The first-order valence-corrected chi connectivity index (χ1v) is 9.79. The van der Waals surface area contributed by atoms with Crippen LogP contribution in [-0.2, 0) is 9.59 Å². The fourth-order valence-corrected chi connectivity index (χ4v) is 4.29. The van der Waals surface area contributed by atoms with Crippen LogP contribution in [0.2, 0.25) is 0 Å². The third-order valence-corrected chi connectivity index (χ3v) is 5.86. The molecule has 0 bridgehead atoms. The van der Waals surface area contributed by atoms with Gasteiger partial charge >= 0.3 is 0 Å². The van der Waals surface area contributed by atoms with Gasteiger partial charge in [0, 0.05) is 38.3 Å². The molecule has 8 nitrogen and oxygen atoms in total. The highest BCUT2D eigenvalue weighted by molar-refractivity contribution is 5.92. The van der Waals surface area contributed by atoms with Crippen LogP contribution in [0.1, 0.15) is 42.7 Å². The third-order valence-electron chi connectivity index (χ3n) is 5.86. The number of hydrogen-bond acceptors (Lipinski definition) is 5. The van der Waals surface area contributed by atoms with Gasteiger partial charge in [-0.2, -0.15) is 0 Å². The average molecular weight is 374 g/mol. The average Bonchev–Trinajstić information content (AvgIpc) is 3.23. The molecule has 2 saturated heterocycles. The summed E-state index contributed by atoms with van der Waals surface area (Å²) < 4.78 is 5.15. The van der Waals surface area contributed by atoms with Crippen LogP contribution in [0.3, 0.4) is 0 Å². The zero-order chi connectivity index (χ0) is 18.8. The zero-order valence-corrected chi connectivity index (χ0v) is 15.4. The van der Waals surface area contributed by atoms with E-state index >= 15 is 0 Å². The Hall–Kier alpha value is -2.35. The van der Waals surface area contributed by atoms with Gasteiger partial charge in [-0.1, -0.05) is 12.8 Å². The van der Waals surface area contributed by atoms with Crippen molar-refractivity contribution in [2.75, 3.05) is 26.2 Å². The Kier molecular flexibility index (Phi) is 5.15. The number of nitrogens with zero attached hydrogens (tertiary/aromatic N) is 2. The van der Waals surface area contributed by atoms with E-state index in [1.165, 1.54) is 6.26 Å². The minimum Gasteiger partial charge on any atom is -0.459 e. The fraction of sp³-hybridized carbons (Fsp3) is 0.632. The summed E-state index contributed by atoms with van der Waals surface area (Å²) in [4.78, 5) is 40.7. The first-order chi connectivity index (χ1) is 13.1. The van der Waals surface area contributed by atoms with E-state index in [0.29, 0.717) is 31.9 Å². The lowest BCUT2D eigenvalue weighted by atomic mass is 9.87. The number of furan rings is 1. The van der Waals surface area contributed by atoms with Gasteiger partial charge in [-0.3, -0.25) is 14.4 Å². The Morgan fingerprint density at radius 3 is 2.48 bits per heavy atom. The molecule has 8 heteroatoms. The summed E-state index contributed by atoms with van der Waals surface area (Å²) in [5, 5.41) is 6.46. The number of amides is 3. The molecular formula is C19H26N4O4. The maximum Gasteiger partial charge on any atom is 0.289 e. The number of rotatable bonds is 3. The number of hydrogen-bond donors (Lipinski definition) is 2. The van der Waals surface area contributed by atoms with E-state index in [0.717, 1.165) is 25.7 Å². The van der Waals surface area contributed by atoms with Gasteiger partial charge in [0.05, 0.1) is 18.7 Å². The van der Waals surface area contributed by atoms with Gasteiger partial charge in [0.1, 0.15) is 0 Å². The zero-order valence-electron chi connectivity index (χ0n) is 15.4. The molecule has 0 spiro atoms. The fourth-order valence-electron chi connectivity index (χ4n) is 4.29. The second-order valence-electron chi connectivity index (χ2n) is 7.58. The molecule has 1 aromatic heterocycles. The maximum absolute atomic E-state index is 12.7. The van der Waals surface area contributed by atoms with E-state index in [1.54, 1.807) is 21.9 Å². The lowest BCUT2D eigenvalue weighted by Crippen LogP contribution is -2.65. The SMILES string of the molecule is O=C1N[C@H]2CCCC[C@H]2N[C@@H]1CC(=O)N1CCN(C(=O)c2ccco2)CC1. The van der Waals surface area contributed by atoms with Crippen molar-refractivity contribution in [3.63, 3.8) is 0 Å². The van der Waals surface area contributed by atoms with Crippen LogP contribution in [0.5, 0.6) is 0 Å². The molecule has 1 aliphatic carbocycles. The van der Waals surface area contributed by atoms with Crippen LogP contribution in [-0.4, -0.2) is 71.8 Å². The van der Waals surface area contributed by atoms with Crippen LogP contribution >= 0.6 is 0 Å². The predicted octanol–water partition coefficient (Wildman–Crippen LogP) is 0.353. The third kappa shape index (κ3) is 3.85. The van der Waals surface area contributed by atoms with E-state index in [-0.39, 0.29) is 36.2 Å². The molecule has 4 rings (SSSR count). The molecule has 3 aliphatic rings. The number of carbonyl (C=O) groups excluding carboxylic acids is 3. The van der Waals surface area contributed by atoms with Crippen LogP contribution in [0.4, 0.5) is 0 Å².